The van der Waals surface area contributed by atoms with Crippen LogP contribution in [0.3, 0.4) is 0 Å². The van der Waals surface area contributed by atoms with E-state index in [-0.39, 0.29) is 0 Å². The number of aromatic nitrogens is 1. The summed E-state index contributed by atoms with van der Waals surface area (Å²) in [6.07, 6.45) is 4.38. The molecule has 0 saturated carbocycles. The Bertz CT molecular complexity index is 409. The lowest BCUT2D eigenvalue weighted by Gasteiger charge is -2.04. The van der Waals surface area contributed by atoms with Crippen LogP contribution in [-0.4, -0.2) is 11.5 Å². The van der Waals surface area contributed by atoms with Gasteiger partial charge >= 0.3 is 0 Å². The van der Waals surface area contributed by atoms with Crippen LogP contribution in [0.1, 0.15) is 11.3 Å². The first-order chi connectivity index (χ1) is 7.34. The van der Waals surface area contributed by atoms with Crippen molar-refractivity contribution in [1.82, 2.24) is 4.98 Å². The Morgan fingerprint density at radius 1 is 1.40 bits per heavy atom. The van der Waals surface area contributed by atoms with Crippen molar-refractivity contribution in [3.63, 3.8) is 0 Å². The molecule has 3 nitrogen and oxygen atoms in total. The maximum absolute atomic E-state index is 5.23. The van der Waals surface area contributed by atoms with Crippen molar-refractivity contribution in [2.24, 2.45) is 0 Å². The summed E-state index contributed by atoms with van der Waals surface area (Å²) in [5.41, 5.74) is 1.21. The van der Waals surface area contributed by atoms with Crippen molar-refractivity contribution in [3.8, 4) is 0 Å². The maximum atomic E-state index is 5.23. The summed E-state index contributed by atoms with van der Waals surface area (Å²) in [6, 6.07) is 7.89. The van der Waals surface area contributed by atoms with E-state index in [4.69, 9.17) is 4.42 Å². The first kappa shape index (κ1) is 9.77. The van der Waals surface area contributed by atoms with Crippen molar-refractivity contribution in [1.29, 1.82) is 0 Å². The zero-order chi connectivity index (χ0) is 10.5. The molecular weight excluding hydrogens is 188 g/mol. The summed E-state index contributed by atoms with van der Waals surface area (Å²) in [5.74, 6) is 1.91. The molecular formula is C12H14N2O. The van der Waals surface area contributed by atoms with E-state index in [0.29, 0.717) is 0 Å². The highest BCUT2D eigenvalue weighted by atomic mass is 16.3. The van der Waals surface area contributed by atoms with Crippen molar-refractivity contribution >= 4 is 5.82 Å². The number of hydrogen-bond donors (Lipinski definition) is 1. The second-order valence-corrected chi connectivity index (χ2v) is 3.47. The Morgan fingerprint density at radius 3 is 3.07 bits per heavy atom. The SMILES string of the molecule is Cc1ccnc(NCCc2ccco2)c1. The van der Waals surface area contributed by atoms with Crippen LogP contribution in [0, 0.1) is 6.92 Å². The lowest BCUT2D eigenvalue weighted by atomic mass is 10.3. The predicted octanol–water partition coefficient (Wildman–Crippen LogP) is 2.64. The van der Waals surface area contributed by atoms with E-state index in [1.54, 1.807) is 6.26 Å². The Hall–Kier alpha value is -1.77. The van der Waals surface area contributed by atoms with Crippen LogP contribution < -0.4 is 5.32 Å². The lowest BCUT2D eigenvalue weighted by molar-refractivity contribution is 0.513. The molecule has 0 atom stereocenters. The molecule has 2 heterocycles. The Labute approximate surface area is 89.1 Å². The van der Waals surface area contributed by atoms with Crippen LogP contribution in [0.2, 0.25) is 0 Å². The summed E-state index contributed by atoms with van der Waals surface area (Å²) in [4.78, 5) is 4.22. The molecule has 0 saturated heterocycles. The van der Waals surface area contributed by atoms with Gasteiger partial charge in [0.2, 0.25) is 0 Å². The number of nitrogens with one attached hydrogen (secondary N) is 1. The highest BCUT2D eigenvalue weighted by Crippen LogP contribution is 2.06. The normalized spacial score (nSPS) is 10.2. The third-order valence-corrected chi connectivity index (χ3v) is 2.17. The minimum Gasteiger partial charge on any atom is -0.469 e. The lowest BCUT2D eigenvalue weighted by Crippen LogP contribution is -2.05. The first-order valence-electron chi connectivity index (χ1n) is 5.03. The van der Waals surface area contributed by atoms with Gasteiger partial charge in [-0.1, -0.05) is 0 Å². The van der Waals surface area contributed by atoms with Crippen LogP contribution in [0.15, 0.2) is 41.1 Å². The average Bonchev–Trinajstić information content (AvgIpc) is 2.71. The fourth-order valence-electron chi connectivity index (χ4n) is 1.40. The van der Waals surface area contributed by atoms with E-state index in [0.717, 1.165) is 24.5 Å². The van der Waals surface area contributed by atoms with Gasteiger partial charge < -0.3 is 9.73 Å². The van der Waals surface area contributed by atoms with Crippen molar-refractivity contribution < 1.29 is 4.42 Å². The molecule has 0 unspecified atom stereocenters. The van der Waals surface area contributed by atoms with Crippen LogP contribution in [0.25, 0.3) is 0 Å². The molecule has 0 spiro atoms. The molecule has 1 N–H and O–H groups in total. The molecule has 15 heavy (non-hydrogen) atoms. The van der Waals surface area contributed by atoms with Gasteiger partial charge in [0, 0.05) is 19.2 Å². The number of rotatable bonds is 4. The Kier molecular flexibility index (Phi) is 3.02. The van der Waals surface area contributed by atoms with Crippen LogP contribution >= 0.6 is 0 Å². The summed E-state index contributed by atoms with van der Waals surface area (Å²) >= 11 is 0. The quantitative estimate of drug-likeness (QED) is 0.828. The van der Waals surface area contributed by atoms with E-state index in [1.165, 1.54) is 5.56 Å². The van der Waals surface area contributed by atoms with Gasteiger partial charge in [0.15, 0.2) is 0 Å². The van der Waals surface area contributed by atoms with Gasteiger partial charge in [0.1, 0.15) is 11.6 Å². The second kappa shape index (κ2) is 4.64. The molecule has 0 aliphatic heterocycles. The zero-order valence-electron chi connectivity index (χ0n) is 8.73. The highest BCUT2D eigenvalue weighted by Gasteiger charge is 1.96. The van der Waals surface area contributed by atoms with Gasteiger partial charge in [-0.15, -0.1) is 0 Å². The third-order valence-electron chi connectivity index (χ3n) is 2.17. The second-order valence-electron chi connectivity index (χ2n) is 3.47. The summed E-state index contributed by atoms with van der Waals surface area (Å²) < 4.78 is 5.23. The van der Waals surface area contributed by atoms with E-state index in [9.17, 15) is 0 Å². The van der Waals surface area contributed by atoms with E-state index in [1.807, 2.05) is 30.5 Å². The first-order valence-corrected chi connectivity index (χ1v) is 5.03. The third kappa shape index (κ3) is 2.84. The summed E-state index contributed by atoms with van der Waals surface area (Å²) in [5, 5.41) is 3.25. The molecule has 0 aliphatic carbocycles. The monoisotopic (exact) mass is 202 g/mol. The van der Waals surface area contributed by atoms with Gasteiger partial charge in [-0.05, 0) is 36.8 Å². The Morgan fingerprint density at radius 2 is 2.33 bits per heavy atom. The van der Waals surface area contributed by atoms with E-state index < -0.39 is 0 Å². The fourth-order valence-corrected chi connectivity index (χ4v) is 1.40. The molecule has 0 bridgehead atoms. The van der Waals surface area contributed by atoms with Crippen molar-refractivity contribution in [2.75, 3.05) is 11.9 Å². The highest BCUT2D eigenvalue weighted by molar-refractivity contribution is 5.36. The van der Waals surface area contributed by atoms with E-state index >= 15 is 0 Å². The number of nitrogens with zero attached hydrogens (tertiary/aromatic N) is 1. The molecule has 78 valence electrons. The molecule has 3 heteroatoms. The fraction of sp³-hybridized carbons (Fsp3) is 0.250. The van der Waals surface area contributed by atoms with E-state index in [2.05, 4.69) is 17.2 Å². The number of hydrogen-bond acceptors (Lipinski definition) is 3. The smallest absolute Gasteiger partial charge is 0.126 e. The van der Waals surface area contributed by atoms with Gasteiger partial charge in [0.25, 0.3) is 0 Å². The molecule has 0 aliphatic rings. The number of pyridine rings is 1. The van der Waals surface area contributed by atoms with Crippen LogP contribution in [-0.2, 0) is 6.42 Å². The van der Waals surface area contributed by atoms with Crippen LogP contribution in [0.4, 0.5) is 5.82 Å². The van der Waals surface area contributed by atoms with Gasteiger partial charge in [0.05, 0.1) is 6.26 Å². The standard InChI is InChI=1S/C12H14N2O/c1-10-4-6-13-12(9-10)14-7-5-11-3-2-8-15-11/h2-4,6,8-9H,5,7H2,1H3,(H,13,14). The zero-order valence-corrected chi connectivity index (χ0v) is 8.73. The minimum atomic E-state index is 0.837. The number of aryl methyl sites for hydroxylation is 1. The topological polar surface area (TPSA) is 38.1 Å². The van der Waals surface area contributed by atoms with Gasteiger partial charge in [-0.3, -0.25) is 0 Å². The number of furan rings is 1. The van der Waals surface area contributed by atoms with Crippen molar-refractivity contribution in [2.45, 2.75) is 13.3 Å². The summed E-state index contributed by atoms with van der Waals surface area (Å²) in [6.45, 7) is 2.89. The molecule has 2 rings (SSSR count). The molecule has 0 radical (unpaired) electrons. The average molecular weight is 202 g/mol. The number of anilines is 1. The van der Waals surface area contributed by atoms with Gasteiger partial charge in [-0.2, -0.15) is 0 Å². The van der Waals surface area contributed by atoms with Gasteiger partial charge in [-0.25, -0.2) is 4.98 Å². The maximum Gasteiger partial charge on any atom is 0.126 e. The van der Waals surface area contributed by atoms with Crippen LogP contribution in [0.5, 0.6) is 0 Å². The Balaban J connectivity index is 1.83. The molecule has 0 fully saturated rings. The summed E-state index contributed by atoms with van der Waals surface area (Å²) in [7, 11) is 0. The minimum absolute atomic E-state index is 0.837. The molecule has 2 aromatic heterocycles. The molecule has 0 amide bonds. The predicted molar refractivity (Wildman–Crippen MR) is 59.9 cm³/mol. The molecule has 0 aromatic carbocycles. The largest absolute Gasteiger partial charge is 0.469 e. The van der Waals surface area contributed by atoms with Crippen molar-refractivity contribution in [3.05, 3.63) is 48.0 Å². The molecule has 2 aromatic rings.